The molecule has 116 valence electrons. The molecule has 1 fully saturated rings. The van der Waals surface area contributed by atoms with Gasteiger partial charge in [0.25, 0.3) is 5.91 Å². The lowest BCUT2D eigenvalue weighted by Crippen LogP contribution is -2.68. The van der Waals surface area contributed by atoms with Gasteiger partial charge < -0.3 is 15.2 Å². The summed E-state index contributed by atoms with van der Waals surface area (Å²) in [4.78, 5) is 12.2. The maximum Gasteiger partial charge on any atom is 0.251 e. The second-order valence-electron chi connectivity index (χ2n) is 6.40. The number of ether oxygens (including phenoxy) is 1. The van der Waals surface area contributed by atoms with Crippen molar-refractivity contribution in [3.05, 3.63) is 35.4 Å². The average molecular weight is 291 g/mol. The summed E-state index contributed by atoms with van der Waals surface area (Å²) in [6, 6.07) is 7.45. The van der Waals surface area contributed by atoms with Crippen LogP contribution in [0.25, 0.3) is 0 Å². The van der Waals surface area contributed by atoms with Gasteiger partial charge in [0, 0.05) is 30.6 Å². The number of benzene rings is 1. The van der Waals surface area contributed by atoms with E-state index in [1.807, 2.05) is 45.9 Å². The first-order valence-corrected chi connectivity index (χ1v) is 7.49. The van der Waals surface area contributed by atoms with E-state index >= 15 is 0 Å². The van der Waals surface area contributed by atoms with E-state index < -0.39 is 5.60 Å². The van der Waals surface area contributed by atoms with Crippen molar-refractivity contribution < 1.29 is 14.6 Å². The van der Waals surface area contributed by atoms with Crippen LogP contribution < -0.4 is 5.32 Å². The molecule has 1 amide bonds. The minimum Gasteiger partial charge on any atom is -0.387 e. The van der Waals surface area contributed by atoms with E-state index in [9.17, 15) is 9.90 Å². The van der Waals surface area contributed by atoms with Crippen LogP contribution in [0.5, 0.6) is 0 Å². The van der Waals surface area contributed by atoms with Gasteiger partial charge in [-0.15, -0.1) is 0 Å². The molecule has 21 heavy (non-hydrogen) atoms. The molecule has 4 heteroatoms. The summed E-state index contributed by atoms with van der Waals surface area (Å²) in [7, 11) is 0. The average Bonchev–Trinajstić information content (AvgIpc) is 2.45. The van der Waals surface area contributed by atoms with Crippen molar-refractivity contribution in [1.82, 2.24) is 5.32 Å². The van der Waals surface area contributed by atoms with Crippen LogP contribution in [0.4, 0.5) is 0 Å². The summed E-state index contributed by atoms with van der Waals surface area (Å²) in [5, 5.41) is 13.6. The van der Waals surface area contributed by atoms with E-state index in [-0.39, 0.29) is 24.0 Å². The second-order valence-corrected chi connectivity index (χ2v) is 6.40. The van der Waals surface area contributed by atoms with Crippen LogP contribution in [0.1, 0.15) is 43.1 Å². The molecule has 0 heterocycles. The van der Waals surface area contributed by atoms with Gasteiger partial charge in [-0.05, 0) is 25.5 Å². The molecule has 0 saturated heterocycles. The van der Waals surface area contributed by atoms with Gasteiger partial charge >= 0.3 is 0 Å². The molecule has 2 rings (SSSR count). The number of nitrogens with one attached hydrogen (secondary N) is 1. The van der Waals surface area contributed by atoms with E-state index in [2.05, 4.69) is 5.32 Å². The quantitative estimate of drug-likeness (QED) is 0.875. The first-order chi connectivity index (χ1) is 9.82. The fraction of sp³-hybridized carbons (Fsp3) is 0.588. The smallest absolute Gasteiger partial charge is 0.251 e. The summed E-state index contributed by atoms with van der Waals surface area (Å²) < 4.78 is 5.63. The number of aliphatic hydroxyl groups is 1. The van der Waals surface area contributed by atoms with Gasteiger partial charge in [-0.1, -0.05) is 32.0 Å². The topological polar surface area (TPSA) is 58.6 Å². The largest absolute Gasteiger partial charge is 0.387 e. The van der Waals surface area contributed by atoms with Gasteiger partial charge in [0.2, 0.25) is 0 Å². The predicted molar refractivity (Wildman–Crippen MR) is 82.3 cm³/mol. The molecular formula is C17H25NO3. The van der Waals surface area contributed by atoms with E-state index in [1.54, 1.807) is 6.07 Å². The number of hydrogen-bond acceptors (Lipinski definition) is 3. The van der Waals surface area contributed by atoms with Gasteiger partial charge in [0.05, 0.1) is 11.7 Å². The molecule has 4 nitrogen and oxygen atoms in total. The van der Waals surface area contributed by atoms with Crippen molar-refractivity contribution in [2.75, 3.05) is 13.2 Å². The van der Waals surface area contributed by atoms with Crippen LogP contribution in [-0.2, 0) is 4.74 Å². The Labute approximate surface area is 126 Å². The van der Waals surface area contributed by atoms with Gasteiger partial charge in [-0.3, -0.25) is 4.79 Å². The molecule has 0 aliphatic heterocycles. The fourth-order valence-corrected chi connectivity index (χ4v) is 2.91. The van der Waals surface area contributed by atoms with Crippen LogP contribution in [0, 0.1) is 12.3 Å². The Morgan fingerprint density at radius 3 is 2.67 bits per heavy atom. The molecule has 0 radical (unpaired) electrons. The minimum absolute atomic E-state index is 0.0443. The van der Waals surface area contributed by atoms with E-state index in [4.69, 9.17) is 4.74 Å². The second kappa shape index (κ2) is 5.78. The van der Waals surface area contributed by atoms with E-state index in [1.165, 1.54) is 0 Å². The van der Waals surface area contributed by atoms with Crippen molar-refractivity contribution >= 4 is 5.91 Å². The maximum atomic E-state index is 12.2. The number of carbonyl (C=O) groups excluding carboxylic acids is 1. The zero-order chi connectivity index (χ0) is 15.7. The summed E-state index contributed by atoms with van der Waals surface area (Å²) in [6.45, 7) is 8.71. The van der Waals surface area contributed by atoms with Crippen LogP contribution in [-0.4, -0.2) is 35.9 Å². The Bertz CT molecular complexity index is 527. The molecule has 0 bridgehead atoms. The highest BCUT2D eigenvalue weighted by Gasteiger charge is 2.59. The zero-order valence-corrected chi connectivity index (χ0v) is 13.3. The van der Waals surface area contributed by atoms with Gasteiger partial charge in [0.15, 0.2) is 0 Å². The summed E-state index contributed by atoms with van der Waals surface area (Å²) in [5.41, 5.74) is 0.314. The van der Waals surface area contributed by atoms with Crippen LogP contribution in [0.2, 0.25) is 0 Å². The molecule has 2 N–H and O–H groups in total. The lowest BCUT2D eigenvalue weighted by atomic mass is 9.56. The Morgan fingerprint density at radius 1 is 1.43 bits per heavy atom. The number of amides is 1. The van der Waals surface area contributed by atoms with Crippen LogP contribution in [0.15, 0.2) is 24.3 Å². The van der Waals surface area contributed by atoms with Crippen molar-refractivity contribution in [2.24, 2.45) is 5.41 Å². The van der Waals surface area contributed by atoms with Crippen molar-refractivity contribution in [3.8, 4) is 0 Å². The molecule has 0 aromatic heterocycles. The van der Waals surface area contributed by atoms with Crippen molar-refractivity contribution in [1.29, 1.82) is 0 Å². The highest BCUT2D eigenvalue weighted by Crippen LogP contribution is 2.50. The SMILES string of the molecule is CCO[C@@H]1C[C@](O)(CNC(=O)c2ccccc2C)C1(C)C. The van der Waals surface area contributed by atoms with Crippen LogP contribution in [0.3, 0.4) is 0 Å². The molecule has 1 aromatic carbocycles. The first-order valence-electron chi connectivity index (χ1n) is 7.49. The van der Waals surface area contributed by atoms with E-state index in [0.717, 1.165) is 5.56 Å². The van der Waals surface area contributed by atoms with Gasteiger partial charge in [0.1, 0.15) is 0 Å². The Balaban J connectivity index is 1.98. The number of hydrogen-bond donors (Lipinski definition) is 2. The molecule has 2 atom stereocenters. The third-order valence-corrected chi connectivity index (χ3v) is 4.83. The Kier molecular flexibility index (Phi) is 4.40. The molecular weight excluding hydrogens is 266 g/mol. The predicted octanol–water partition coefficient (Wildman–Crippen LogP) is 2.29. The molecule has 0 spiro atoms. The Morgan fingerprint density at radius 2 is 2.10 bits per heavy atom. The molecule has 1 aliphatic rings. The fourth-order valence-electron chi connectivity index (χ4n) is 2.91. The van der Waals surface area contributed by atoms with Gasteiger partial charge in [-0.2, -0.15) is 0 Å². The maximum absolute atomic E-state index is 12.2. The third-order valence-electron chi connectivity index (χ3n) is 4.83. The molecule has 0 unspecified atom stereocenters. The standard InChI is InChI=1S/C17H25NO3/c1-5-21-14-10-17(20,16(14,3)4)11-18-15(19)13-9-7-6-8-12(13)2/h6-9,14,20H,5,10-11H2,1-4H3,(H,18,19)/t14-,17+/m1/s1. The highest BCUT2D eigenvalue weighted by molar-refractivity contribution is 5.95. The van der Waals surface area contributed by atoms with Crippen molar-refractivity contribution in [3.63, 3.8) is 0 Å². The lowest BCUT2D eigenvalue weighted by molar-refractivity contribution is -0.237. The van der Waals surface area contributed by atoms with Crippen LogP contribution >= 0.6 is 0 Å². The first kappa shape index (κ1) is 16.0. The minimum atomic E-state index is -0.912. The van der Waals surface area contributed by atoms with Gasteiger partial charge in [-0.25, -0.2) is 0 Å². The molecule has 1 aromatic rings. The number of rotatable bonds is 5. The molecule has 1 saturated carbocycles. The zero-order valence-electron chi connectivity index (χ0n) is 13.3. The molecule has 1 aliphatic carbocycles. The van der Waals surface area contributed by atoms with Crippen molar-refractivity contribution in [2.45, 2.75) is 45.8 Å². The van der Waals surface area contributed by atoms with E-state index in [0.29, 0.717) is 18.6 Å². The Hall–Kier alpha value is -1.39. The summed E-state index contributed by atoms with van der Waals surface area (Å²) >= 11 is 0. The lowest BCUT2D eigenvalue weighted by Gasteiger charge is -2.57. The normalized spacial score (nSPS) is 27.0. The highest BCUT2D eigenvalue weighted by atomic mass is 16.5. The third kappa shape index (κ3) is 2.83. The number of carbonyl (C=O) groups is 1. The monoisotopic (exact) mass is 291 g/mol. The summed E-state index contributed by atoms with van der Waals surface area (Å²) in [5.74, 6) is -0.141. The number of aryl methyl sites for hydroxylation is 1. The summed E-state index contributed by atoms with van der Waals surface area (Å²) in [6.07, 6.45) is 0.602.